The van der Waals surface area contributed by atoms with Crippen molar-refractivity contribution in [2.24, 2.45) is 0 Å². The van der Waals surface area contributed by atoms with E-state index < -0.39 is 12.1 Å². The first-order valence-electron chi connectivity index (χ1n) is 4.59. The average Bonchev–Trinajstić information content (AvgIpc) is 2.43. The van der Waals surface area contributed by atoms with Crippen LogP contribution in [0.25, 0.3) is 0 Å². The van der Waals surface area contributed by atoms with Crippen LogP contribution in [0.3, 0.4) is 0 Å². The molecular formula is C11H12O3. The zero-order valence-corrected chi connectivity index (χ0v) is 8.15. The SMILES string of the molecule is Cc1ccc2c(c1)O[C@H](C(=O)O)[C@@H]2C. The van der Waals surface area contributed by atoms with Gasteiger partial charge in [0.2, 0.25) is 6.10 Å². The van der Waals surface area contributed by atoms with Crippen LogP contribution in [0.1, 0.15) is 24.0 Å². The number of rotatable bonds is 1. The second-order valence-corrected chi connectivity index (χ2v) is 3.71. The van der Waals surface area contributed by atoms with Crippen LogP contribution in [0.2, 0.25) is 0 Å². The molecule has 0 saturated heterocycles. The molecule has 14 heavy (non-hydrogen) atoms. The van der Waals surface area contributed by atoms with Crippen molar-refractivity contribution in [1.82, 2.24) is 0 Å². The minimum atomic E-state index is -0.897. The monoisotopic (exact) mass is 192 g/mol. The van der Waals surface area contributed by atoms with Gasteiger partial charge in [-0.2, -0.15) is 0 Å². The quantitative estimate of drug-likeness (QED) is 0.739. The van der Waals surface area contributed by atoms with E-state index in [1.54, 1.807) is 0 Å². The van der Waals surface area contributed by atoms with Gasteiger partial charge in [-0.25, -0.2) is 4.79 Å². The van der Waals surface area contributed by atoms with Gasteiger partial charge in [-0.3, -0.25) is 0 Å². The van der Waals surface area contributed by atoms with E-state index >= 15 is 0 Å². The lowest BCUT2D eigenvalue weighted by Crippen LogP contribution is -2.27. The Kier molecular flexibility index (Phi) is 1.95. The van der Waals surface area contributed by atoms with Crippen molar-refractivity contribution < 1.29 is 14.6 Å². The van der Waals surface area contributed by atoms with E-state index in [-0.39, 0.29) is 5.92 Å². The van der Waals surface area contributed by atoms with E-state index in [4.69, 9.17) is 9.84 Å². The van der Waals surface area contributed by atoms with Crippen LogP contribution in [0.5, 0.6) is 5.75 Å². The molecule has 2 rings (SSSR count). The number of fused-ring (bicyclic) bond motifs is 1. The molecule has 3 nitrogen and oxygen atoms in total. The summed E-state index contributed by atoms with van der Waals surface area (Å²) in [5, 5.41) is 8.90. The van der Waals surface area contributed by atoms with E-state index in [9.17, 15) is 4.79 Å². The van der Waals surface area contributed by atoms with E-state index in [1.165, 1.54) is 0 Å². The van der Waals surface area contributed by atoms with Crippen molar-refractivity contribution >= 4 is 5.97 Å². The summed E-state index contributed by atoms with van der Waals surface area (Å²) in [6.07, 6.45) is -0.730. The van der Waals surface area contributed by atoms with Crippen molar-refractivity contribution in [3.8, 4) is 5.75 Å². The number of hydrogen-bond donors (Lipinski definition) is 1. The maximum atomic E-state index is 10.8. The Balaban J connectivity index is 2.40. The Morgan fingerprint density at radius 3 is 2.86 bits per heavy atom. The fraction of sp³-hybridized carbons (Fsp3) is 0.364. The van der Waals surface area contributed by atoms with Crippen LogP contribution in [0, 0.1) is 6.92 Å². The van der Waals surface area contributed by atoms with Gasteiger partial charge in [-0.1, -0.05) is 19.1 Å². The van der Waals surface area contributed by atoms with Gasteiger partial charge in [0.1, 0.15) is 5.75 Å². The molecule has 74 valence electrons. The van der Waals surface area contributed by atoms with Crippen molar-refractivity contribution in [2.45, 2.75) is 25.9 Å². The van der Waals surface area contributed by atoms with Crippen LogP contribution in [-0.4, -0.2) is 17.2 Å². The van der Waals surface area contributed by atoms with Gasteiger partial charge in [-0.15, -0.1) is 0 Å². The predicted molar refractivity (Wildman–Crippen MR) is 51.6 cm³/mol. The number of carboxylic acid groups (broad SMARTS) is 1. The van der Waals surface area contributed by atoms with Gasteiger partial charge >= 0.3 is 5.97 Å². The molecule has 1 N–H and O–H groups in total. The smallest absolute Gasteiger partial charge is 0.345 e. The van der Waals surface area contributed by atoms with Gasteiger partial charge in [0.15, 0.2) is 0 Å². The predicted octanol–water partition coefficient (Wildman–Crippen LogP) is 1.94. The van der Waals surface area contributed by atoms with Gasteiger partial charge in [0.25, 0.3) is 0 Å². The molecule has 1 aliphatic heterocycles. The average molecular weight is 192 g/mol. The lowest BCUT2D eigenvalue weighted by atomic mass is 9.97. The van der Waals surface area contributed by atoms with Crippen molar-refractivity contribution in [2.75, 3.05) is 0 Å². The minimum absolute atomic E-state index is 0.0666. The molecule has 1 aromatic rings. The van der Waals surface area contributed by atoms with E-state index in [0.29, 0.717) is 5.75 Å². The van der Waals surface area contributed by atoms with Crippen molar-refractivity contribution in [1.29, 1.82) is 0 Å². The molecule has 3 heteroatoms. The molecule has 1 heterocycles. The summed E-state index contributed by atoms with van der Waals surface area (Å²) < 4.78 is 5.36. The molecule has 0 unspecified atom stereocenters. The van der Waals surface area contributed by atoms with Crippen molar-refractivity contribution in [3.63, 3.8) is 0 Å². The first-order valence-corrected chi connectivity index (χ1v) is 4.59. The molecule has 0 bridgehead atoms. The fourth-order valence-electron chi connectivity index (χ4n) is 1.79. The molecule has 0 aliphatic carbocycles. The first kappa shape index (κ1) is 9.06. The topological polar surface area (TPSA) is 46.5 Å². The summed E-state index contributed by atoms with van der Waals surface area (Å²) in [5.74, 6) is -0.251. The number of hydrogen-bond acceptors (Lipinski definition) is 2. The third kappa shape index (κ3) is 1.25. The number of ether oxygens (including phenoxy) is 1. The molecule has 1 aliphatic rings. The highest BCUT2D eigenvalue weighted by Crippen LogP contribution is 2.38. The second-order valence-electron chi connectivity index (χ2n) is 3.71. The lowest BCUT2D eigenvalue weighted by molar-refractivity contribution is -0.144. The maximum absolute atomic E-state index is 10.8. The molecule has 0 aromatic heterocycles. The third-order valence-corrected chi connectivity index (χ3v) is 2.61. The van der Waals surface area contributed by atoms with E-state index in [0.717, 1.165) is 11.1 Å². The second kappa shape index (κ2) is 3.01. The van der Waals surface area contributed by atoms with Crippen LogP contribution < -0.4 is 4.74 Å². The van der Waals surface area contributed by atoms with Gasteiger partial charge in [0.05, 0.1) is 0 Å². The number of aryl methyl sites for hydroxylation is 1. The van der Waals surface area contributed by atoms with Gasteiger partial charge in [0, 0.05) is 11.5 Å². The number of carboxylic acids is 1. The largest absolute Gasteiger partial charge is 0.478 e. The molecule has 2 atom stereocenters. The fourth-order valence-corrected chi connectivity index (χ4v) is 1.79. The zero-order valence-electron chi connectivity index (χ0n) is 8.15. The Hall–Kier alpha value is -1.51. The molecule has 0 saturated carbocycles. The van der Waals surface area contributed by atoms with Crippen molar-refractivity contribution in [3.05, 3.63) is 29.3 Å². The summed E-state index contributed by atoms with van der Waals surface area (Å²) >= 11 is 0. The highest BCUT2D eigenvalue weighted by Gasteiger charge is 2.36. The van der Waals surface area contributed by atoms with E-state index in [2.05, 4.69) is 0 Å². The Labute approximate surface area is 82.3 Å². The Morgan fingerprint density at radius 1 is 1.50 bits per heavy atom. The highest BCUT2D eigenvalue weighted by molar-refractivity contribution is 5.76. The maximum Gasteiger partial charge on any atom is 0.345 e. The third-order valence-electron chi connectivity index (χ3n) is 2.61. The summed E-state index contributed by atoms with van der Waals surface area (Å²) in [5.41, 5.74) is 2.07. The molecular weight excluding hydrogens is 180 g/mol. The molecule has 0 fully saturated rings. The van der Waals surface area contributed by atoms with Gasteiger partial charge < -0.3 is 9.84 Å². The minimum Gasteiger partial charge on any atom is -0.478 e. The van der Waals surface area contributed by atoms with Crippen LogP contribution in [-0.2, 0) is 4.79 Å². The van der Waals surface area contributed by atoms with Gasteiger partial charge in [-0.05, 0) is 18.6 Å². The number of aliphatic carboxylic acids is 1. The standard InChI is InChI=1S/C11H12O3/c1-6-3-4-8-7(2)10(11(12)13)14-9(8)5-6/h3-5,7,10H,1-2H3,(H,12,13)/t7-,10+/m1/s1. The Bertz CT molecular complexity index is 384. The molecule has 0 radical (unpaired) electrons. The first-order chi connectivity index (χ1) is 6.59. The van der Waals surface area contributed by atoms with Crippen LogP contribution in [0.4, 0.5) is 0 Å². The normalized spacial score (nSPS) is 24.1. The number of carbonyl (C=O) groups is 1. The van der Waals surface area contributed by atoms with E-state index in [1.807, 2.05) is 32.0 Å². The lowest BCUT2D eigenvalue weighted by Gasteiger charge is -2.08. The summed E-state index contributed by atoms with van der Waals surface area (Å²) in [4.78, 5) is 10.8. The summed E-state index contributed by atoms with van der Waals surface area (Å²) in [6, 6.07) is 5.80. The Morgan fingerprint density at radius 2 is 2.21 bits per heavy atom. The van der Waals surface area contributed by atoms with Crippen LogP contribution >= 0.6 is 0 Å². The zero-order chi connectivity index (χ0) is 10.3. The van der Waals surface area contributed by atoms with Crippen LogP contribution in [0.15, 0.2) is 18.2 Å². The summed E-state index contributed by atoms with van der Waals surface area (Å²) in [7, 11) is 0. The number of benzene rings is 1. The highest BCUT2D eigenvalue weighted by atomic mass is 16.5. The molecule has 0 amide bonds. The molecule has 0 spiro atoms. The summed E-state index contributed by atoms with van der Waals surface area (Å²) in [6.45, 7) is 3.84. The molecule has 1 aromatic carbocycles.